The van der Waals surface area contributed by atoms with E-state index < -0.39 is 0 Å². The van der Waals surface area contributed by atoms with Crippen LogP contribution in [-0.2, 0) is 0 Å². The average Bonchev–Trinajstić information content (AvgIpc) is 2.10. The van der Waals surface area contributed by atoms with Gasteiger partial charge in [-0.25, -0.2) is 4.79 Å². The van der Waals surface area contributed by atoms with Crippen LogP contribution in [-0.4, -0.2) is 25.1 Å². The van der Waals surface area contributed by atoms with Gasteiger partial charge in [-0.1, -0.05) is 17.7 Å². The van der Waals surface area contributed by atoms with Crippen molar-refractivity contribution in [2.75, 3.05) is 14.1 Å². The topological polar surface area (TPSA) is 29.5 Å². The lowest BCUT2D eigenvalue weighted by Crippen LogP contribution is -2.25. The van der Waals surface area contributed by atoms with Crippen molar-refractivity contribution < 1.29 is 9.53 Å². The van der Waals surface area contributed by atoms with Crippen LogP contribution in [0.2, 0.25) is 0 Å². The van der Waals surface area contributed by atoms with Crippen LogP contribution in [0.4, 0.5) is 4.79 Å². The molecule has 0 fully saturated rings. The Kier molecular flexibility index (Phi) is 3.35. The average molecular weight is 207 g/mol. The number of hydrogen-bond acceptors (Lipinski definition) is 2. The molecule has 0 aliphatic rings. The van der Waals surface area contributed by atoms with Gasteiger partial charge in [-0.05, 0) is 31.9 Å². The second-order valence-corrected chi connectivity index (χ2v) is 3.99. The first-order valence-corrected chi connectivity index (χ1v) is 4.89. The summed E-state index contributed by atoms with van der Waals surface area (Å²) in [5.41, 5.74) is 3.15. The molecule has 15 heavy (non-hydrogen) atoms. The fourth-order valence-electron chi connectivity index (χ4n) is 1.51. The maximum atomic E-state index is 11.4. The first kappa shape index (κ1) is 11.6. The molecule has 0 N–H and O–H groups in total. The minimum absolute atomic E-state index is 0.343. The lowest BCUT2D eigenvalue weighted by atomic mass is 10.1. The number of carbonyl (C=O) groups is 1. The highest BCUT2D eigenvalue weighted by Gasteiger charge is 2.11. The molecule has 0 aromatic heterocycles. The third kappa shape index (κ3) is 2.72. The molecular weight excluding hydrogens is 190 g/mol. The highest BCUT2D eigenvalue weighted by Crippen LogP contribution is 2.24. The number of benzene rings is 1. The molecule has 0 saturated heterocycles. The number of rotatable bonds is 1. The van der Waals surface area contributed by atoms with Gasteiger partial charge in [0.2, 0.25) is 0 Å². The largest absolute Gasteiger partial charge is 0.414 e. The van der Waals surface area contributed by atoms with Crippen molar-refractivity contribution in [1.82, 2.24) is 4.90 Å². The van der Waals surface area contributed by atoms with Gasteiger partial charge in [-0.3, -0.25) is 0 Å². The lowest BCUT2D eigenvalue weighted by Gasteiger charge is -2.14. The second kappa shape index (κ2) is 4.34. The predicted molar refractivity (Wildman–Crippen MR) is 60.4 cm³/mol. The summed E-state index contributed by atoms with van der Waals surface area (Å²) in [5.74, 6) is 0.666. The van der Waals surface area contributed by atoms with Crippen molar-refractivity contribution in [3.05, 3.63) is 28.8 Å². The Hall–Kier alpha value is -1.51. The van der Waals surface area contributed by atoms with Crippen LogP contribution in [0.3, 0.4) is 0 Å². The standard InChI is InChI=1S/C12H17NO2/c1-8-6-9(2)11(10(3)7-8)15-12(14)13(4)5/h6-7H,1-5H3. The smallest absolute Gasteiger partial charge is 0.410 e. The zero-order valence-electron chi connectivity index (χ0n) is 9.92. The normalized spacial score (nSPS) is 9.93. The van der Waals surface area contributed by atoms with Gasteiger partial charge in [0.15, 0.2) is 0 Å². The van der Waals surface area contributed by atoms with E-state index in [4.69, 9.17) is 4.74 Å². The number of carbonyl (C=O) groups excluding carboxylic acids is 1. The van der Waals surface area contributed by atoms with Crippen LogP contribution in [0.1, 0.15) is 16.7 Å². The van der Waals surface area contributed by atoms with Crippen LogP contribution < -0.4 is 4.74 Å². The van der Waals surface area contributed by atoms with Crippen molar-refractivity contribution in [3.63, 3.8) is 0 Å². The van der Waals surface area contributed by atoms with Gasteiger partial charge in [-0.15, -0.1) is 0 Å². The molecule has 1 aromatic carbocycles. The molecule has 0 atom stereocenters. The van der Waals surface area contributed by atoms with E-state index in [-0.39, 0.29) is 6.09 Å². The van der Waals surface area contributed by atoms with Crippen molar-refractivity contribution in [3.8, 4) is 5.75 Å². The first-order valence-electron chi connectivity index (χ1n) is 4.89. The van der Waals surface area contributed by atoms with Crippen LogP contribution in [0.15, 0.2) is 12.1 Å². The molecule has 1 rings (SSSR count). The molecule has 0 saturated carbocycles. The van der Waals surface area contributed by atoms with E-state index in [1.165, 1.54) is 10.5 Å². The number of nitrogens with zero attached hydrogens (tertiary/aromatic N) is 1. The van der Waals surface area contributed by atoms with Crippen molar-refractivity contribution in [2.45, 2.75) is 20.8 Å². The summed E-state index contributed by atoms with van der Waals surface area (Å²) in [6.07, 6.45) is -0.343. The van der Waals surface area contributed by atoms with E-state index in [9.17, 15) is 4.79 Å². The van der Waals surface area contributed by atoms with Crippen LogP contribution in [0.25, 0.3) is 0 Å². The number of amides is 1. The summed E-state index contributed by atoms with van der Waals surface area (Å²) in [7, 11) is 3.34. The quantitative estimate of drug-likeness (QED) is 0.708. The van der Waals surface area contributed by atoms with Crippen LogP contribution in [0, 0.1) is 20.8 Å². The third-order valence-corrected chi connectivity index (χ3v) is 2.16. The zero-order valence-corrected chi connectivity index (χ0v) is 9.92. The Balaban J connectivity index is 3.00. The molecule has 0 radical (unpaired) electrons. The van der Waals surface area contributed by atoms with Gasteiger partial charge >= 0.3 is 6.09 Å². The summed E-state index contributed by atoms with van der Waals surface area (Å²) in [4.78, 5) is 12.8. The van der Waals surface area contributed by atoms with E-state index >= 15 is 0 Å². The maximum Gasteiger partial charge on any atom is 0.414 e. The lowest BCUT2D eigenvalue weighted by molar-refractivity contribution is 0.171. The molecule has 1 amide bonds. The summed E-state index contributed by atoms with van der Waals surface area (Å²) >= 11 is 0. The molecular formula is C12H17NO2. The predicted octanol–water partition coefficient (Wildman–Crippen LogP) is 2.67. The van der Waals surface area contributed by atoms with E-state index in [1.807, 2.05) is 32.9 Å². The molecule has 3 nitrogen and oxygen atoms in total. The molecule has 0 aliphatic carbocycles. The molecule has 3 heteroatoms. The van der Waals surface area contributed by atoms with Crippen molar-refractivity contribution >= 4 is 6.09 Å². The number of aryl methyl sites for hydroxylation is 3. The maximum absolute atomic E-state index is 11.4. The van der Waals surface area contributed by atoms with Gasteiger partial charge in [0, 0.05) is 14.1 Å². The van der Waals surface area contributed by atoms with Crippen molar-refractivity contribution in [2.24, 2.45) is 0 Å². The van der Waals surface area contributed by atoms with Crippen LogP contribution >= 0.6 is 0 Å². The first-order chi connectivity index (χ1) is 6.91. The SMILES string of the molecule is Cc1cc(C)c(OC(=O)N(C)C)c(C)c1. The zero-order chi connectivity index (χ0) is 11.6. The van der Waals surface area contributed by atoms with Gasteiger partial charge in [0.25, 0.3) is 0 Å². The third-order valence-electron chi connectivity index (χ3n) is 2.16. The molecule has 0 bridgehead atoms. The Morgan fingerprint density at radius 1 is 1.13 bits per heavy atom. The Bertz CT molecular complexity index is 360. The molecule has 0 heterocycles. The Morgan fingerprint density at radius 3 is 2.00 bits per heavy atom. The molecule has 82 valence electrons. The van der Waals surface area contributed by atoms with Gasteiger partial charge in [-0.2, -0.15) is 0 Å². The number of hydrogen-bond donors (Lipinski definition) is 0. The van der Waals surface area contributed by atoms with Crippen LogP contribution in [0.5, 0.6) is 5.75 Å². The Morgan fingerprint density at radius 2 is 1.60 bits per heavy atom. The number of ether oxygens (including phenoxy) is 1. The van der Waals surface area contributed by atoms with Gasteiger partial charge in [0.05, 0.1) is 0 Å². The fourth-order valence-corrected chi connectivity index (χ4v) is 1.51. The second-order valence-electron chi connectivity index (χ2n) is 3.99. The summed E-state index contributed by atoms with van der Waals surface area (Å²) < 4.78 is 5.28. The summed E-state index contributed by atoms with van der Waals surface area (Å²) in [5, 5.41) is 0. The Labute approximate surface area is 90.7 Å². The molecule has 0 unspecified atom stereocenters. The molecule has 1 aromatic rings. The van der Waals surface area contributed by atoms with E-state index in [2.05, 4.69) is 0 Å². The highest BCUT2D eigenvalue weighted by molar-refractivity contribution is 5.71. The summed E-state index contributed by atoms with van der Waals surface area (Å²) in [6.45, 7) is 5.91. The minimum Gasteiger partial charge on any atom is -0.410 e. The fraction of sp³-hybridized carbons (Fsp3) is 0.417. The van der Waals surface area contributed by atoms with E-state index in [1.54, 1.807) is 14.1 Å². The highest BCUT2D eigenvalue weighted by atomic mass is 16.6. The van der Waals surface area contributed by atoms with Crippen molar-refractivity contribution in [1.29, 1.82) is 0 Å². The molecule has 0 aliphatic heterocycles. The summed E-state index contributed by atoms with van der Waals surface area (Å²) in [6, 6.07) is 4.01. The monoisotopic (exact) mass is 207 g/mol. The van der Waals surface area contributed by atoms with Gasteiger partial charge in [0.1, 0.15) is 5.75 Å². The van der Waals surface area contributed by atoms with E-state index in [0.717, 1.165) is 11.1 Å². The van der Waals surface area contributed by atoms with Gasteiger partial charge < -0.3 is 9.64 Å². The van der Waals surface area contributed by atoms with E-state index in [0.29, 0.717) is 5.75 Å². The minimum atomic E-state index is -0.343. The molecule has 0 spiro atoms.